The van der Waals surface area contributed by atoms with Crippen LogP contribution in [0.3, 0.4) is 0 Å². The van der Waals surface area contributed by atoms with Crippen LogP contribution in [0.2, 0.25) is 0 Å². The number of nitrogens with zero attached hydrogens (tertiary/aromatic N) is 1. The van der Waals surface area contributed by atoms with E-state index in [9.17, 15) is 19.5 Å². The van der Waals surface area contributed by atoms with Gasteiger partial charge in [0.25, 0.3) is 11.1 Å². The van der Waals surface area contributed by atoms with Crippen molar-refractivity contribution >= 4 is 33.1 Å². The molecule has 0 atom stereocenters. The second kappa shape index (κ2) is 7.79. The first-order valence-electron chi connectivity index (χ1n) is 11.7. The van der Waals surface area contributed by atoms with Gasteiger partial charge in [0.05, 0.1) is 22.5 Å². The van der Waals surface area contributed by atoms with Crippen LogP contribution in [0, 0.1) is 0 Å². The molecule has 0 amide bonds. The van der Waals surface area contributed by atoms with Gasteiger partial charge in [0.15, 0.2) is 11.2 Å². The van der Waals surface area contributed by atoms with Gasteiger partial charge in [-0.15, -0.1) is 0 Å². The number of aromatic hydroxyl groups is 1. The van der Waals surface area contributed by atoms with Gasteiger partial charge in [-0.3, -0.25) is 24.2 Å². The molecule has 0 bridgehead atoms. The summed E-state index contributed by atoms with van der Waals surface area (Å²) in [7, 11) is 0. The minimum atomic E-state index is -0.563. The van der Waals surface area contributed by atoms with E-state index in [0.717, 1.165) is 25.7 Å². The third-order valence-corrected chi connectivity index (χ3v) is 6.97. The molecule has 4 heterocycles. The quantitative estimate of drug-likeness (QED) is 0.312. The summed E-state index contributed by atoms with van der Waals surface area (Å²) in [6, 6.07) is 6.28. The van der Waals surface area contributed by atoms with E-state index in [0.29, 0.717) is 27.5 Å². The van der Waals surface area contributed by atoms with E-state index in [-0.39, 0.29) is 33.9 Å². The number of fused-ring (bicyclic) bond motifs is 4. The standard InChI is InChI=1S/C25H24N4O5/c30-16-11-10-15-19-22(34-21(15)20(16)31)17(14-9-6-12-26-24(14)32)18-23(27-19)29(28-25(18)33)13-7-4-2-1-3-5-8-13/h6,9-13,27,31H,1-5,7-8H2,(H,26,32)(H,28,33). The van der Waals surface area contributed by atoms with Crippen molar-refractivity contribution in [2.24, 2.45) is 0 Å². The normalized spacial score (nSPS) is 15.8. The zero-order valence-electron chi connectivity index (χ0n) is 18.4. The van der Waals surface area contributed by atoms with Crippen LogP contribution in [0.5, 0.6) is 5.75 Å². The summed E-state index contributed by atoms with van der Waals surface area (Å²) >= 11 is 0. The number of aromatic amines is 3. The van der Waals surface area contributed by atoms with Gasteiger partial charge >= 0.3 is 0 Å². The van der Waals surface area contributed by atoms with Crippen LogP contribution < -0.4 is 16.5 Å². The Bertz CT molecular complexity index is 1720. The number of hydrogen-bond acceptors (Lipinski definition) is 5. The van der Waals surface area contributed by atoms with Crippen LogP contribution in [0.25, 0.3) is 44.2 Å². The Kier molecular flexibility index (Phi) is 4.72. The van der Waals surface area contributed by atoms with Crippen molar-refractivity contribution in [3.05, 3.63) is 61.4 Å². The van der Waals surface area contributed by atoms with Gasteiger partial charge in [0, 0.05) is 17.1 Å². The van der Waals surface area contributed by atoms with Crippen LogP contribution in [-0.4, -0.2) is 24.9 Å². The monoisotopic (exact) mass is 460 g/mol. The first kappa shape index (κ1) is 20.6. The third kappa shape index (κ3) is 3.03. The van der Waals surface area contributed by atoms with E-state index < -0.39 is 11.2 Å². The number of benzene rings is 1. The Morgan fingerprint density at radius 3 is 2.47 bits per heavy atom. The fourth-order valence-corrected chi connectivity index (χ4v) is 5.31. The minimum absolute atomic E-state index is 0.0222. The van der Waals surface area contributed by atoms with Crippen LogP contribution in [0.4, 0.5) is 0 Å². The van der Waals surface area contributed by atoms with E-state index in [1.807, 2.05) is 4.68 Å². The Hall–Kier alpha value is -4.01. The number of nitrogens with one attached hydrogen (secondary N) is 3. The molecule has 0 saturated heterocycles. The molecule has 0 radical (unpaired) electrons. The Morgan fingerprint density at radius 2 is 1.71 bits per heavy atom. The molecule has 174 valence electrons. The van der Waals surface area contributed by atoms with Gasteiger partial charge < -0.3 is 19.5 Å². The fraction of sp³-hybridized carbons (Fsp3) is 0.320. The Balaban J connectivity index is 1.76. The molecule has 5 aromatic rings. The molecule has 4 aromatic heterocycles. The summed E-state index contributed by atoms with van der Waals surface area (Å²) in [5.41, 5.74) is 0.672. The number of furan rings is 1. The second-order valence-corrected chi connectivity index (χ2v) is 9.04. The summed E-state index contributed by atoms with van der Waals surface area (Å²) in [5.74, 6) is -0.503. The summed E-state index contributed by atoms with van der Waals surface area (Å²) in [6.45, 7) is 0. The molecule has 1 aliphatic carbocycles. The van der Waals surface area contributed by atoms with Crippen LogP contribution in [-0.2, 0) is 0 Å². The van der Waals surface area contributed by atoms with Gasteiger partial charge in [-0.05, 0) is 37.1 Å². The molecule has 0 spiro atoms. The number of aromatic nitrogens is 4. The third-order valence-electron chi connectivity index (χ3n) is 6.97. The summed E-state index contributed by atoms with van der Waals surface area (Å²) in [6.07, 6.45) is 9.13. The van der Waals surface area contributed by atoms with Crippen molar-refractivity contribution in [2.75, 3.05) is 0 Å². The molecule has 1 saturated carbocycles. The summed E-state index contributed by atoms with van der Waals surface area (Å²) < 4.78 is 7.86. The molecule has 6 rings (SSSR count). The van der Waals surface area contributed by atoms with E-state index in [2.05, 4.69) is 15.1 Å². The number of hydrogen-bond donors (Lipinski definition) is 4. The van der Waals surface area contributed by atoms with Crippen molar-refractivity contribution in [1.29, 1.82) is 0 Å². The highest BCUT2D eigenvalue weighted by Gasteiger charge is 2.26. The zero-order chi connectivity index (χ0) is 23.4. The topological polar surface area (TPSA) is 137 Å². The van der Waals surface area contributed by atoms with Gasteiger partial charge in [0.2, 0.25) is 11.2 Å². The molecule has 1 aliphatic rings. The predicted octanol–water partition coefficient (Wildman–Crippen LogP) is 4.26. The van der Waals surface area contributed by atoms with E-state index in [1.54, 1.807) is 18.2 Å². The Morgan fingerprint density at radius 1 is 0.941 bits per heavy atom. The average Bonchev–Trinajstić information content (AvgIpc) is 3.34. The molecule has 0 aliphatic heterocycles. The highest BCUT2D eigenvalue weighted by Crippen LogP contribution is 2.39. The molecule has 1 aromatic carbocycles. The summed E-state index contributed by atoms with van der Waals surface area (Å²) in [5, 5.41) is 14.2. The lowest BCUT2D eigenvalue weighted by molar-refractivity contribution is 0.353. The van der Waals surface area contributed by atoms with Crippen LogP contribution >= 0.6 is 0 Å². The van der Waals surface area contributed by atoms with Crippen molar-refractivity contribution in [1.82, 2.24) is 19.7 Å². The smallest absolute Gasteiger partial charge is 0.274 e. The average molecular weight is 460 g/mol. The van der Waals surface area contributed by atoms with Crippen LogP contribution in [0.1, 0.15) is 51.0 Å². The SMILES string of the molecule is O=c1ccc2c(oc3c(-c4ccc[nH]c4=O)c4c(=O)[nH]n(C5CCCCCCC5)c4[nH]c32)c1O. The minimum Gasteiger partial charge on any atom is -0.502 e. The molecule has 0 unspecified atom stereocenters. The highest BCUT2D eigenvalue weighted by molar-refractivity contribution is 6.15. The molecular formula is C25H24N4O5. The molecule has 1 fully saturated rings. The Labute approximate surface area is 192 Å². The van der Waals surface area contributed by atoms with Gasteiger partial charge in [0.1, 0.15) is 5.65 Å². The number of rotatable bonds is 2. The van der Waals surface area contributed by atoms with Crippen LogP contribution in [0.15, 0.2) is 49.3 Å². The van der Waals surface area contributed by atoms with Crippen molar-refractivity contribution in [3.63, 3.8) is 0 Å². The molecule has 4 N–H and O–H groups in total. The highest BCUT2D eigenvalue weighted by atomic mass is 16.4. The van der Waals surface area contributed by atoms with Gasteiger partial charge in [-0.25, -0.2) is 0 Å². The van der Waals surface area contributed by atoms with Crippen molar-refractivity contribution < 1.29 is 9.52 Å². The fourth-order valence-electron chi connectivity index (χ4n) is 5.31. The lowest BCUT2D eigenvalue weighted by atomic mass is 9.97. The summed E-state index contributed by atoms with van der Waals surface area (Å²) in [4.78, 5) is 44.2. The molecule has 34 heavy (non-hydrogen) atoms. The van der Waals surface area contributed by atoms with E-state index in [1.165, 1.54) is 31.5 Å². The number of pyridine rings is 2. The number of phenolic OH excluding ortho intramolecular Hbond substituents is 1. The van der Waals surface area contributed by atoms with Gasteiger partial charge in [-0.1, -0.05) is 32.1 Å². The zero-order valence-corrected chi connectivity index (χ0v) is 18.4. The lowest BCUT2D eigenvalue weighted by Crippen LogP contribution is -2.15. The first-order chi connectivity index (χ1) is 16.5. The molecular weight excluding hydrogens is 436 g/mol. The number of phenols is 1. The van der Waals surface area contributed by atoms with Crippen molar-refractivity contribution in [2.45, 2.75) is 51.0 Å². The molecule has 9 nitrogen and oxygen atoms in total. The molecule has 9 heteroatoms. The van der Waals surface area contributed by atoms with E-state index in [4.69, 9.17) is 4.42 Å². The maximum absolute atomic E-state index is 13.3. The number of H-pyrrole nitrogens is 3. The lowest BCUT2D eigenvalue weighted by Gasteiger charge is -2.21. The largest absolute Gasteiger partial charge is 0.502 e. The van der Waals surface area contributed by atoms with Crippen molar-refractivity contribution in [3.8, 4) is 16.9 Å². The second-order valence-electron chi connectivity index (χ2n) is 9.04. The predicted molar refractivity (Wildman–Crippen MR) is 130 cm³/mol. The maximum atomic E-state index is 13.3. The van der Waals surface area contributed by atoms with Gasteiger partial charge in [-0.2, -0.15) is 0 Å². The maximum Gasteiger partial charge on any atom is 0.274 e. The van der Waals surface area contributed by atoms with E-state index >= 15 is 0 Å². The first-order valence-corrected chi connectivity index (χ1v) is 11.7.